The van der Waals surface area contributed by atoms with E-state index in [0.717, 1.165) is 12.3 Å². The molecular weight excluding hydrogens is 290 g/mol. The lowest BCUT2D eigenvalue weighted by atomic mass is 10.1. The van der Waals surface area contributed by atoms with Crippen LogP contribution in [0.2, 0.25) is 0 Å². The van der Waals surface area contributed by atoms with E-state index in [2.05, 4.69) is 5.16 Å². The zero-order chi connectivity index (χ0) is 15.3. The highest BCUT2D eigenvalue weighted by atomic mass is 32.2. The van der Waals surface area contributed by atoms with Gasteiger partial charge in [0, 0.05) is 17.9 Å². The van der Waals surface area contributed by atoms with Crippen LogP contribution in [0.4, 0.5) is 5.69 Å². The van der Waals surface area contributed by atoms with Crippen molar-refractivity contribution in [3.05, 3.63) is 33.9 Å². The molecule has 1 rings (SSSR count). The fourth-order valence-corrected chi connectivity index (χ4v) is 1.69. The van der Waals surface area contributed by atoms with E-state index in [-0.39, 0.29) is 29.5 Å². The lowest BCUT2D eigenvalue weighted by Gasteiger charge is -2.07. The number of ether oxygens (including phenoxy) is 1. The highest BCUT2D eigenvalue weighted by Gasteiger charge is 2.18. The van der Waals surface area contributed by atoms with Crippen LogP contribution >= 0.6 is 0 Å². The van der Waals surface area contributed by atoms with Gasteiger partial charge in [0.15, 0.2) is 21.4 Å². The molecular formula is C10H13N3O6S. The second-order valence-electron chi connectivity index (χ2n) is 3.90. The summed E-state index contributed by atoms with van der Waals surface area (Å²) in [5, 5.41) is 22.2. The van der Waals surface area contributed by atoms with Gasteiger partial charge < -0.3 is 15.7 Å². The smallest absolute Gasteiger partial charge is 0.311 e. The number of nitrogens with two attached hydrogens (primary N) is 1. The van der Waals surface area contributed by atoms with Gasteiger partial charge in [-0.1, -0.05) is 5.16 Å². The number of hydrogen-bond donors (Lipinski definition) is 2. The number of rotatable bonds is 6. The summed E-state index contributed by atoms with van der Waals surface area (Å²) >= 11 is 0. The number of benzene rings is 1. The predicted molar refractivity (Wildman–Crippen MR) is 70.8 cm³/mol. The van der Waals surface area contributed by atoms with Crippen LogP contribution in [0.5, 0.6) is 5.75 Å². The second kappa shape index (κ2) is 6.19. The van der Waals surface area contributed by atoms with Gasteiger partial charge in [-0.25, -0.2) is 8.42 Å². The summed E-state index contributed by atoms with van der Waals surface area (Å²) in [5.74, 6) is -0.629. The Kier molecular flexibility index (Phi) is 4.86. The van der Waals surface area contributed by atoms with Crippen molar-refractivity contribution in [2.75, 3.05) is 18.6 Å². The van der Waals surface area contributed by atoms with Crippen molar-refractivity contribution in [1.82, 2.24) is 0 Å². The number of nitro benzene ring substituents is 1. The van der Waals surface area contributed by atoms with Gasteiger partial charge >= 0.3 is 5.69 Å². The third-order valence-electron chi connectivity index (χ3n) is 2.27. The van der Waals surface area contributed by atoms with Gasteiger partial charge in [0.2, 0.25) is 0 Å². The molecule has 0 radical (unpaired) electrons. The average molecular weight is 303 g/mol. The minimum absolute atomic E-state index is 0.0897. The first-order valence-electron chi connectivity index (χ1n) is 5.31. The summed E-state index contributed by atoms with van der Waals surface area (Å²) in [4.78, 5) is 10.2. The summed E-state index contributed by atoms with van der Waals surface area (Å²) in [7, 11) is -3.22. The van der Waals surface area contributed by atoms with Crippen molar-refractivity contribution in [3.63, 3.8) is 0 Å². The number of nitro groups is 1. The van der Waals surface area contributed by atoms with E-state index >= 15 is 0 Å². The van der Waals surface area contributed by atoms with Crippen LogP contribution in [-0.4, -0.2) is 43.0 Å². The van der Waals surface area contributed by atoms with Gasteiger partial charge in [-0.2, -0.15) is 0 Å². The maximum absolute atomic E-state index is 10.9. The third-order valence-corrected chi connectivity index (χ3v) is 3.18. The van der Waals surface area contributed by atoms with Gasteiger partial charge in [0.25, 0.3) is 0 Å². The summed E-state index contributed by atoms with van der Waals surface area (Å²) in [6.07, 6.45) is 1.03. The molecule has 0 aliphatic carbocycles. The quantitative estimate of drug-likeness (QED) is 0.249. The van der Waals surface area contributed by atoms with Crippen molar-refractivity contribution >= 4 is 21.4 Å². The minimum atomic E-state index is -3.22. The number of hydrogen-bond acceptors (Lipinski definition) is 7. The number of oxime groups is 1. The van der Waals surface area contributed by atoms with E-state index in [4.69, 9.17) is 15.7 Å². The molecule has 0 amide bonds. The van der Waals surface area contributed by atoms with E-state index in [9.17, 15) is 18.5 Å². The molecule has 0 saturated heterocycles. The van der Waals surface area contributed by atoms with Crippen molar-refractivity contribution < 1.29 is 23.3 Å². The summed E-state index contributed by atoms with van der Waals surface area (Å²) in [6, 6.07) is 3.69. The van der Waals surface area contributed by atoms with Crippen LogP contribution in [0.25, 0.3) is 0 Å². The van der Waals surface area contributed by atoms with E-state index < -0.39 is 20.4 Å². The van der Waals surface area contributed by atoms with Crippen molar-refractivity contribution in [2.45, 2.75) is 0 Å². The van der Waals surface area contributed by atoms with Crippen LogP contribution in [0.3, 0.4) is 0 Å². The first-order chi connectivity index (χ1) is 9.24. The van der Waals surface area contributed by atoms with Gasteiger partial charge in [-0.15, -0.1) is 0 Å². The standard InChI is InChI=1S/C10H13N3O6S/c1-20(17,18)5-4-19-9-3-2-7(10(11)12-14)6-8(9)13(15)16/h2-3,6,14H,4-5H2,1H3,(H2,11,12). The Balaban J connectivity index is 2.99. The van der Waals surface area contributed by atoms with E-state index in [1.54, 1.807) is 0 Å². The van der Waals surface area contributed by atoms with Gasteiger partial charge in [0.05, 0.1) is 10.7 Å². The zero-order valence-corrected chi connectivity index (χ0v) is 11.3. The van der Waals surface area contributed by atoms with Crippen molar-refractivity contribution in [2.24, 2.45) is 10.9 Å². The highest BCUT2D eigenvalue weighted by Crippen LogP contribution is 2.27. The molecule has 9 nitrogen and oxygen atoms in total. The fraction of sp³-hybridized carbons (Fsp3) is 0.300. The lowest BCUT2D eigenvalue weighted by molar-refractivity contribution is -0.385. The molecule has 1 aromatic carbocycles. The highest BCUT2D eigenvalue weighted by molar-refractivity contribution is 7.90. The maximum Gasteiger partial charge on any atom is 0.311 e. The molecule has 1 aromatic rings. The molecule has 0 aliphatic heterocycles. The fourth-order valence-electron chi connectivity index (χ4n) is 1.30. The van der Waals surface area contributed by atoms with E-state index in [0.29, 0.717) is 0 Å². The van der Waals surface area contributed by atoms with E-state index in [1.807, 2.05) is 0 Å². The number of nitrogens with zero attached hydrogens (tertiary/aromatic N) is 2. The number of sulfone groups is 1. The Hall–Kier alpha value is -2.36. The van der Waals surface area contributed by atoms with Crippen LogP contribution in [0, 0.1) is 10.1 Å². The van der Waals surface area contributed by atoms with Crippen LogP contribution in [0.15, 0.2) is 23.4 Å². The molecule has 0 atom stereocenters. The summed E-state index contributed by atoms with van der Waals surface area (Å²) < 4.78 is 27.0. The van der Waals surface area contributed by atoms with E-state index in [1.165, 1.54) is 12.1 Å². The predicted octanol–water partition coefficient (Wildman–Crippen LogP) is 0.113. The molecule has 0 saturated carbocycles. The van der Waals surface area contributed by atoms with Crippen molar-refractivity contribution in [1.29, 1.82) is 0 Å². The normalized spacial score (nSPS) is 12.2. The van der Waals surface area contributed by atoms with Crippen LogP contribution < -0.4 is 10.5 Å². The molecule has 110 valence electrons. The zero-order valence-electron chi connectivity index (χ0n) is 10.5. The molecule has 0 fully saturated rings. The first kappa shape index (κ1) is 15.7. The molecule has 10 heteroatoms. The molecule has 3 N–H and O–H groups in total. The maximum atomic E-state index is 10.9. The number of amidine groups is 1. The largest absolute Gasteiger partial charge is 0.486 e. The first-order valence-corrected chi connectivity index (χ1v) is 7.37. The Morgan fingerprint density at radius 1 is 1.55 bits per heavy atom. The van der Waals surface area contributed by atoms with Gasteiger partial charge in [-0.3, -0.25) is 10.1 Å². The van der Waals surface area contributed by atoms with Crippen molar-refractivity contribution in [3.8, 4) is 5.75 Å². The Labute approximate surface area is 114 Å². The topological polar surface area (TPSA) is 145 Å². The van der Waals surface area contributed by atoms with Crippen LogP contribution in [0.1, 0.15) is 5.56 Å². The molecule has 0 bridgehead atoms. The van der Waals surface area contributed by atoms with Gasteiger partial charge in [0.1, 0.15) is 6.61 Å². The SMILES string of the molecule is CS(=O)(=O)CCOc1ccc(C(N)=NO)cc1[N+](=O)[O-]. The lowest BCUT2D eigenvalue weighted by Crippen LogP contribution is -2.15. The molecule has 0 spiro atoms. The Morgan fingerprint density at radius 3 is 2.70 bits per heavy atom. The molecule has 0 aromatic heterocycles. The third kappa shape index (κ3) is 4.39. The molecule has 20 heavy (non-hydrogen) atoms. The molecule has 0 unspecified atom stereocenters. The van der Waals surface area contributed by atoms with Crippen LogP contribution in [-0.2, 0) is 9.84 Å². The average Bonchev–Trinajstić information content (AvgIpc) is 2.36. The molecule has 0 heterocycles. The second-order valence-corrected chi connectivity index (χ2v) is 6.16. The summed E-state index contributed by atoms with van der Waals surface area (Å²) in [5.41, 5.74) is 5.08. The summed E-state index contributed by atoms with van der Waals surface area (Å²) in [6.45, 7) is -0.206. The molecule has 0 aliphatic rings. The Morgan fingerprint density at radius 2 is 2.20 bits per heavy atom. The Bertz CT molecular complexity index is 640. The van der Waals surface area contributed by atoms with Gasteiger partial charge in [-0.05, 0) is 12.1 Å². The minimum Gasteiger partial charge on any atom is -0.486 e. The monoisotopic (exact) mass is 303 g/mol.